The fourth-order valence-electron chi connectivity index (χ4n) is 2.43. The zero-order valence-electron chi connectivity index (χ0n) is 10.5. The predicted octanol–water partition coefficient (Wildman–Crippen LogP) is 4.25. The minimum Gasteiger partial charge on any atom is -0.303 e. The summed E-state index contributed by atoms with van der Waals surface area (Å²) in [5, 5.41) is 2.46. The highest BCUT2D eigenvalue weighted by molar-refractivity contribution is 5.88. The average Bonchev–Trinajstić information content (AvgIpc) is 2.48. The van der Waals surface area contributed by atoms with Crippen molar-refractivity contribution < 1.29 is 4.79 Å². The van der Waals surface area contributed by atoms with Gasteiger partial charge in [-0.15, -0.1) is 0 Å². The lowest BCUT2D eigenvalue weighted by atomic mass is 9.96. The summed E-state index contributed by atoms with van der Waals surface area (Å²) >= 11 is 0. The van der Waals surface area contributed by atoms with Gasteiger partial charge in [-0.05, 0) is 33.5 Å². The van der Waals surface area contributed by atoms with Crippen LogP contribution in [-0.4, -0.2) is 6.29 Å². The van der Waals surface area contributed by atoms with Crippen LogP contribution in [0.1, 0.15) is 5.56 Å². The Balaban J connectivity index is 2.16. The number of carbonyl (C=O) groups is 1. The molecule has 0 heterocycles. The minimum absolute atomic E-state index is 0.461. The fraction of sp³-hybridized carbons (Fsp3) is 0.0556. The molecule has 3 aromatic rings. The van der Waals surface area contributed by atoms with E-state index in [2.05, 4.69) is 36.4 Å². The van der Waals surface area contributed by atoms with Crippen molar-refractivity contribution in [1.82, 2.24) is 0 Å². The summed E-state index contributed by atoms with van der Waals surface area (Å²) in [6, 6.07) is 22.8. The number of carbonyl (C=O) groups excluding carboxylic acids is 1. The Labute approximate surface area is 112 Å². The van der Waals surface area contributed by atoms with Crippen LogP contribution in [0.4, 0.5) is 0 Å². The molecule has 0 aliphatic heterocycles. The van der Waals surface area contributed by atoms with Gasteiger partial charge in [0.1, 0.15) is 6.29 Å². The molecule has 0 radical (unpaired) electrons. The number of rotatable bonds is 3. The maximum absolute atomic E-state index is 10.8. The van der Waals surface area contributed by atoms with Crippen LogP contribution in [0.25, 0.3) is 21.9 Å². The Kier molecular flexibility index (Phi) is 3.11. The van der Waals surface area contributed by atoms with E-state index in [-0.39, 0.29) is 0 Å². The van der Waals surface area contributed by atoms with E-state index in [1.807, 2.05) is 30.3 Å². The molecule has 0 saturated heterocycles. The van der Waals surface area contributed by atoms with E-state index in [1.54, 1.807) is 0 Å². The first-order valence-corrected chi connectivity index (χ1v) is 6.39. The number of hydrogen-bond acceptors (Lipinski definition) is 1. The second kappa shape index (κ2) is 5.07. The Bertz CT molecular complexity index is 728. The SMILES string of the molecule is O=CCc1ccccc1-c1ccc2ccccc2c1. The summed E-state index contributed by atoms with van der Waals surface area (Å²) in [6.07, 6.45) is 1.42. The molecule has 0 aliphatic carbocycles. The lowest BCUT2D eigenvalue weighted by Crippen LogP contribution is -1.90. The van der Waals surface area contributed by atoms with Crippen molar-refractivity contribution in [2.45, 2.75) is 6.42 Å². The topological polar surface area (TPSA) is 17.1 Å². The second-order valence-corrected chi connectivity index (χ2v) is 4.59. The van der Waals surface area contributed by atoms with Gasteiger partial charge >= 0.3 is 0 Å². The van der Waals surface area contributed by atoms with Gasteiger partial charge in [0.15, 0.2) is 0 Å². The third kappa shape index (κ3) is 2.27. The summed E-state index contributed by atoms with van der Waals surface area (Å²) in [4.78, 5) is 10.8. The van der Waals surface area contributed by atoms with E-state index >= 15 is 0 Å². The molecule has 92 valence electrons. The van der Waals surface area contributed by atoms with Crippen LogP contribution in [0.15, 0.2) is 66.7 Å². The highest BCUT2D eigenvalue weighted by atomic mass is 16.1. The summed E-state index contributed by atoms with van der Waals surface area (Å²) in [7, 11) is 0. The largest absolute Gasteiger partial charge is 0.303 e. The number of aldehydes is 1. The molecular formula is C18H14O. The van der Waals surface area contributed by atoms with Gasteiger partial charge in [0, 0.05) is 6.42 Å². The van der Waals surface area contributed by atoms with Gasteiger partial charge in [0.2, 0.25) is 0 Å². The lowest BCUT2D eigenvalue weighted by molar-refractivity contribution is -0.107. The molecule has 0 aromatic heterocycles. The molecule has 0 bridgehead atoms. The summed E-state index contributed by atoms with van der Waals surface area (Å²) in [5.74, 6) is 0. The van der Waals surface area contributed by atoms with Gasteiger partial charge in [-0.2, -0.15) is 0 Å². The van der Waals surface area contributed by atoms with E-state index in [9.17, 15) is 4.79 Å². The molecule has 3 aromatic carbocycles. The maximum Gasteiger partial charge on any atom is 0.124 e. The highest BCUT2D eigenvalue weighted by Gasteiger charge is 2.04. The van der Waals surface area contributed by atoms with E-state index in [4.69, 9.17) is 0 Å². The van der Waals surface area contributed by atoms with Crippen molar-refractivity contribution >= 4 is 17.1 Å². The van der Waals surface area contributed by atoms with E-state index < -0.39 is 0 Å². The third-order valence-electron chi connectivity index (χ3n) is 3.38. The number of benzene rings is 3. The van der Waals surface area contributed by atoms with Crippen molar-refractivity contribution in [1.29, 1.82) is 0 Å². The normalized spacial score (nSPS) is 10.5. The molecular weight excluding hydrogens is 232 g/mol. The van der Waals surface area contributed by atoms with E-state index in [0.717, 1.165) is 23.0 Å². The van der Waals surface area contributed by atoms with Gasteiger partial charge in [-0.3, -0.25) is 0 Å². The van der Waals surface area contributed by atoms with Crippen LogP contribution in [0, 0.1) is 0 Å². The molecule has 19 heavy (non-hydrogen) atoms. The first-order valence-electron chi connectivity index (χ1n) is 6.39. The van der Waals surface area contributed by atoms with Crippen LogP contribution < -0.4 is 0 Å². The second-order valence-electron chi connectivity index (χ2n) is 4.59. The van der Waals surface area contributed by atoms with Gasteiger partial charge in [0.05, 0.1) is 0 Å². The standard InChI is InChI=1S/C18H14O/c19-12-11-15-6-3-4-8-18(15)17-10-9-14-5-1-2-7-16(14)13-17/h1-10,12-13H,11H2. The van der Waals surface area contributed by atoms with Crippen molar-refractivity contribution in [2.24, 2.45) is 0 Å². The van der Waals surface area contributed by atoms with Crippen molar-refractivity contribution in [3.63, 3.8) is 0 Å². The molecule has 1 nitrogen and oxygen atoms in total. The molecule has 0 atom stereocenters. The maximum atomic E-state index is 10.8. The van der Waals surface area contributed by atoms with Crippen molar-refractivity contribution in [3.05, 3.63) is 72.3 Å². The van der Waals surface area contributed by atoms with Crippen LogP contribution in [0.3, 0.4) is 0 Å². The van der Waals surface area contributed by atoms with Crippen LogP contribution >= 0.6 is 0 Å². The van der Waals surface area contributed by atoms with E-state index in [1.165, 1.54) is 10.8 Å². The minimum atomic E-state index is 0.461. The van der Waals surface area contributed by atoms with Gasteiger partial charge in [-0.1, -0.05) is 60.7 Å². The molecule has 0 amide bonds. The molecule has 0 fully saturated rings. The lowest BCUT2D eigenvalue weighted by Gasteiger charge is -2.08. The van der Waals surface area contributed by atoms with E-state index in [0.29, 0.717) is 6.42 Å². The summed E-state index contributed by atoms with van der Waals surface area (Å²) in [5.41, 5.74) is 3.38. The van der Waals surface area contributed by atoms with Crippen molar-refractivity contribution in [3.8, 4) is 11.1 Å². The third-order valence-corrected chi connectivity index (χ3v) is 3.38. The van der Waals surface area contributed by atoms with Crippen LogP contribution in [0.5, 0.6) is 0 Å². The zero-order chi connectivity index (χ0) is 13.1. The first kappa shape index (κ1) is 11.7. The predicted molar refractivity (Wildman–Crippen MR) is 79.2 cm³/mol. The van der Waals surface area contributed by atoms with Crippen molar-refractivity contribution in [2.75, 3.05) is 0 Å². The number of fused-ring (bicyclic) bond motifs is 1. The average molecular weight is 246 g/mol. The van der Waals surface area contributed by atoms with Gasteiger partial charge < -0.3 is 4.79 Å². The Morgan fingerprint density at radius 1 is 0.789 bits per heavy atom. The molecule has 3 rings (SSSR count). The Morgan fingerprint density at radius 2 is 1.53 bits per heavy atom. The smallest absolute Gasteiger partial charge is 0.124 e. The first-order chi connectivity index (χ1) is 9.38. The quantitative estimate of drug-likeness (QED) is 0.631. The molecule has 0 saturated carbocycles. The monoisotopic (exact) mass is 246 g/mol. The molecule has 0 unspecified atom stereocenters. The van der Waals surface area contributed by atoms with Gasteiger partial charge in [-0.25, -0.2) is 0 Å². The molecule has 0 aliphatic rings. The molecule has 0 spiro atoms. The Hall–Kier alpha value is -2.41. The zero-order valence-corrected chi connectivity index (χ0v) is 10.5. The summed E-state index contributed by atoms with van der Waals surface area (Å²) in [6.45, 7) is 0. The number of hydrogen-bond donors (Lipinski definition) is 0. The Morgan fingerprint density at radius 3 is 2.37 bits per heavy atom. The fourth-order valence-corrected chi connectivity index (χ4v) is 2.43. The van der Waals surface area contributed by atoms with Gasteiger partial charge in [0.25, 0.3) is 0 Å². The van der Waals surface area contributed by atoms with Crippen LogP contribution in [-0.2, 0) is 11.2 Å². The molecule has 0 N–H and O–H groups in total. The molecule has 1 heteroatoms. The van der Waals surface area contributed by atoms with Crippen LogP contribution in [0.2, 0.25) is 0 Å². The summed E-state index contributed by atoms with van der Waals surface area (Å²) < 4.78 is 0. The highest BCUT2D eigenvalue weighted by Crippen LogP contribution is 2.27.